The summed E-state index contributed by atoms with van der Waals surface area (Å²) in [5.74, 6) is 1.33. The van der Waals surface area contributed by atoms with E-state index in [-0.39, 0.29) is 0 Å². The largest absolute Gasteiger partial charge is 0.368 e. The van der Waals surface area contributed by atoms with Crippen LogP contribution in [-0.4, -0.2) is 72.1 Å². The third-order valence-corrected chi connectivity index (χ3v) is 4.50. The molecule has 0 amide bonds. The van der Waals surface area contributed by atoms with Gasteiger partial charge in [-0.15, -0.1) is 0 Å². The summed E-state index contributed by atoms with van der Waals surface area (Å²) in [6.07, 6.45) is 4.17. The molecule has 2 fully saturated rings. The first-order valence-electron chi connectivity index (χ1n) is 7.48. The number of rotatable bonds is 2. The molecule has 110 valence electrons. The molecule has 20 heavy (non-hydrogen) atoms. The van der Waals surface area contributed by atoms with Crippen molar-refractivity contribution in [2.24, 2.45) is 0 Å². The molecular formula is C14H24N6. The molecule has 2 aliphatic rings. The number of hydrogen-bond donors (Lipinski definition) is 1. The van der Waals surface area contributed by atoms with Crippen molar-refractivity contribution in [3.05, 3.63) is 12.3 Å². The van der Waals surface area contributed by atoms with E-state index in [1.54, 1.807) is 6.20 Å². The van der Waals surface area contributed by atoms with E-state index < -0.39 is 0 Å². The summed E-state index contributed by atoms with van der Waals surface area (Å²) in [5.41, 5.74) is 5.66. The number of nitrogens with zero attached hydrogens (tertiary/aromatic N) is 5. The number of piperidine rings is 1. The van der Waals surface area contributed by atoms with E-state index >= 15 is 0 Å². The Bertz CT molecular complexity index is 435. The third kappa shape index (κ3) is 3.02. The predicted molar refractivity (Wildman–Crippen MR) is 80.7 cm³/mol. The number of likely N-dealkylation sites (N-methyl/N-ethyl adjacent to an activating group) is 1. The van der Waals surface area contributed by atoms with Gasteiger partial charge in [-0.2, -0.15) is 4.98 Å². The van der Waals surface area contributed by atoms with Crippen LogP contribution in [0.5, 0.6) is 0 Å². The fourth-order valence-corrected chi connectivity index (χ4v) is 3.19. The molecule has 0 radical (unpaired) electrons. The van der Waals surface area contributed by atoms with Crippen LogP contribution < -0.4 is 10.6 Å². The topological polar surface area (TPSA) is 61.5 Å². The quantitative estimate of drug-likeness (QED) is 0.837. The van der Waals surface area contributed by atoms with Crippen molar-refractivity contribution >= 4 is 11.8 Å². The lowest BCUT2D eigenvalue weighted by atomic mass is 10.0. The lowest BCUT2D eigenvalue weighted by Gasteiger charge is -2.42. The molecule has 0 aliphatic carbocycles. The Morgan fingerprint density at radius 2 is 1.80 bits per heavy atom. The molecule has 0 bridgehead atoms. The summed E-state index contributed by atoms with van der Waals surface area (Å²) in [5, 5.41) is 0. The molecule has 0 aromatic carbocycles. The standard InChI is InChI=1S/C14H24N6/c1-18-8-10-19(11-9-18)12-3-6-20(7-4-12)13-2-5-16-14(15)17-13/h2,5,12H,3-4,6-11H2,1H3,(H2,15,16,17). The average molecular weight is 276 g/mol. The summed E-state index contributed by atoms with van der Waals surface area (Å²) >= 11 is 0. The Kier molecular flexibility index (Phi) is 4.03. The Morgan fingerprint density at radius 1 is 1.10 bits per heavy atom. The van der Waals surface area contributed by atoms with Crippen LogP contribution in [0.15, 0.2) is 12.3 Å². The number of piperazine rings is 1. The molecule has 1 aromatic heterocycles. The highest BCUT2D eigenvalue weighted by Crippen LogP contribution is 2.22. The van der Waals surface area contributed by atoms with Crippen molar-refractivity contribution in [2.75, 3.05) is 56.9 Å². The van der Waals surface area contributed by atoms with Gasteiger partial charge in [0.15, 0.2) is 0 Å². The smallest absolute Gasteiger partial charge is 0.221 e. The van der Waals surface area contributed by atoms with Gasteiger partial charge in [0.2, 0.25) is 5.95 Å². The second-order valence-corrected chi connectivity index (χ2v) is 5.83. The van der Waals surface area contributed by atoms with Crippen LogP contribution in [0.25, 0.3) is 0 Å². The van der Waals surface area contributed by atoms with Gasteiger partial charge in [0.1, 0.15) is 5.82 Å². The van der Waals surface area contributed by atoms with Crippen LogP contribution in [0.3, 0.4) is 0 Å². The molecule has 2 aliphatic heterocycles. The number of nitrogen functional groups attached to an aromatic ring is 1. The molecular weight excluding hydrogens is 252 g/mol. The van der Waals surface area contributed by atoms with Crippen molar-refractivity contribution in [3.8, 4) is 0 Å². The second kappa shape index (κ2) is 5.93. The molecule has 0 unspecified atom stereocenters. The van der Waals surface area contributed by atoms with Crippen LogP contribution in [-0.2, 0) is 0 Å². The van der Waals surface area contributed by atoms with Gasteiger partial charge in [0.05, 0.1) is 0 Å². The average Bonchev–Trinajstić information content (AvgIpc) is 2.48. The van der Waals surface area contributed by atoms with E-state index in [0.29, 0.717) is 5.95 Å². The highest BCUT2D eigenvalue weighted by Gasteiger charge is 2.27. The summed E-state index contributed by atoms with van der Waals surface area (Å²) in [4.78, 5) is 15.7. The highest BCUT2D eigenvalue weighted by atomic mass is 15.3. The first-order chi connectivity index (χ1) is 9.72. The molecule has 3 rings (SSSR count). The molecule has 2 saturated heterocycles. The van der Waals surface area contributed by atoms with Crippen LogP contribution in [0.4, 0.5) is 11.8 Å². The first-order valence-corrected chi connectivity index (χ1v) is 7.48. The lowest BCUT2D eigenvalue weighted by molar-refractivity contribution is 0.0981. The number of anilines is 2. The van der Waals surface area contributed by atoms with Gasteiger partial charge in [-0.05, 0) is 26.0 Å². The van der Waals surface area contributed by atoms with Gasteiger partial charge in [0, 0.05) is 51.5 Å². The van der Waals surface area contributed by atoms with Gasteiger partial charge in [-0.3, -0.25) is 4.90 Å². The van der Waals surface area contributed by atoms with Crippen molar-refractivity contribution < 1.29 is 0 Å². The summed E-state index contributed by atoms with van der Waals surface area (Å²) in [6, 6.07) is 2.69. The van der Waals surface area contributed by atoms with E-state index in [1.807, 2.05) is 6.07 Å². The van der Waals surface area contributed by atoms with Gasteiger partial charge >= 0.3 is 0 Å². The van der Waals surface area contributed by atoms with Crippen LogP contribution in [0.1, 0.15) is 12.8 Å². The Hall–Kier alpha value is -1.40. The first kappa shape index (κ1) is 13.6. The Morgan fingerprint density at radius 3 is 2.45 bits per heavy atom. The lowest BCUT2D eigenvalue weighted by Crippen LogP contribution is -2.52. The fraction of sp³-hybridized carbons (Fsp3) is 0.714. The van der Waals surface area contributed by atoms with Crippen molar-refractivity contribution in [3.63, 3.8) is 0 Å². The molecule has 1 aromatic rings. The minimum atomic E-state index is 0.365. The Balaban J connectivity index is 1.54. The van der Waals surface area contributed by atoms with E-state index in [2.05, 4.69) is 31.7 Å². The monoisotopic (exact) mass is 276 g/mol. The maximum absolute atomic E-state index is 5.66. The van der Waals surface area contributed by atoms with Gasteiger partial charge < -0.3 is 15.5 Å². The third-order valence-electron chi connectivity index (χ3n) is 4.50. The maximum atomic E-state index is 5.66. The molecule has 2 N–H and O–H groups in total. The van der Waals surface area contributed by atoms with Crippen LogP contribution in [0, 0.1) is 0 Å². The van der Waals surface area contributed by atoms with Crippen LogP contribution in [0.2, 0.25) is 0 Å². The van der Waals surface area contributed by atoms with E-state index in [1.165, 1.54) is 39.0 Å². The van der Waals surface area contributed by atoms with Crippen LogP contribution >= 0.6 is 0 Å². The normalized spacial score (nSPS) is 23.1. The molecule has 0 spiro atoms. The number of hydrogen-bond acceptors (Lipinski definition) is 6. The summed E-state index contributed by atoms with van der Waals surface area (Å²) < 4.78 is 0. The van der Waals surface area contributed by atoms with Gasteiger partial charge in [-0.25, -0.2) is 4.98 Å². The fourth-order valence-electron chi connectivity index (χ4n) is 3.19. The molecule has 0 atom stereocenters. The second-order valence-electron chi connectivity index (χ2n) is 5.83. The molecule has 0 saturated carbocycles. The summed E-state index contributed by atoms with van der Waals surface area (Å²) in [6.45, 7) is 6.94. The minimum Gasteiger partial charge on any atom is -0.368 e. The zero-order chi connectivity index (χ0) is 13.9. The summed E-state index contributed by atoms with van der Waals surface area (Å²) in [7, 11) is 2.21. The van der Waals surface area contributed by atoms with E-state index in [4.69, 9.17) is 5.73 Å². The number of aromatic nitrogens is 2. The number of nitrogens with two attached hydrogens (primary N) is 1. The van der Waals surface area contributed by atoms with Crippen molar-refractivity contribution in [2.45, 2.75) is 18.9 Å². The SMILES string of the molecule is CN1CCN(C2CCN(c3ccnc(N)n3)CC2)CC1. The maximum Gasteiger partial charge on any atom is 0.221 e. The van der Waals surface area contributed by atoms with Crippen molar-refractivity contribution in [1.82, 2.24) is 19.8 Å². The minimum absolute atomic E-state index is 0.365. The molecule has 6 heteroatoms. The highest BCUT2D eigenvalue weighted by molar-refractivity contribution is 5.41. The van der Waals surface area contributed by atoms with E-state index in [9.17, 15) is 0 Å². The molecule has 3 heterocycles. The predicted octanol–water partition coefficient (Wildman–Crippen LogP) is 0.275. The molecule has 6 nitrogen and oxygen atoms in total. The zero-order valence-electron chi connectivity index (χ0n) is 12.2. The van der Waals surface area contributed by atoms with Gasteiger partial charge in [0.25, 0.3) is 0 Å². The Labute approximate surface area is 120 Å². The van der Waals surface area contributed by atoms with E-state index in [0.717, 1.165) is 24.9 Å². The van der Waals surface area contributed by atoms with Gasteiger partial charge in [-0.1, -0.05) is 0 Å². The van der Waals surface area contributed by atoms with Crippen molar-refractivity contribution in [1.29, 1.82) is 0 Å². The zero-order valence-corrected chi connectivity index (χ0v) is 12.2.